The highest BCUT2D eigenvalue weighted by Gasteiger charge is 2.14. The molecule has 7 nitrogen and oxygen atoms in total. The van der Waals surface area contributed by atoms with Gasteiger partial charge in [-0.05, 0) is 23.6 Å². The van der Waals surface area contributed by atoms with Crippen LogP contribution in [0.3, 0.4) is 0 Å². The first-order chi connectivity index (χ1) is 11.1. The summed E-state index contributed by atoms with van der Waals surface area (Å²) < 4.78 is 9.98. The van der Waals surface area contributed by atoms with Crippen molar-refractivity contribution in [3.8, 4) is 5.75 Å². The van der Waals surface area contributed by atoms with Crippen molar-refractivity contribution in [2.75, 3.05) is 18.5 Å². The van der Waals surface area contributed by atoms with Gasteiger partial charge in [-0.1, -0.05) is 18.2 Å². The number of anilines is 1. The van der Waals surface area contributed by atoms with E-state index < -0.39 is 24.4 Å². The molecule has 0 radical (unpaired) electrons. The number of hydrogen-bond donors (Lipinski definition) is 2. The van der Waals surface area contributed by atoms with Crippen LogP contribution >= 0.6 is 11.3 Å². The third-order valence-corrected chi connectivity index (χ3v) is 3.48. The van der Waals surface area contributed by atoms with Crippen LogP contribution in [0.4, 0.5) is 5.00 Å². The molecule has 2 amide bonds. The lowest BCUT2D eigenvalue weighted by molar-refractivity contribution is -0.149. The second-order valence-electron chi connectivity index (χ2n) is 4.34. The minimum atomic E-state index is -0.676. The maximum Gasteiger partial charge on any atom is 0.344 e. The molecule has 2 aromatic rings. The fourth-order valence-corrected chi connectivity index (χ4v) is 2.42. The summed E-state index contributed by atoms with van der Waals surface area (Å²) in [5.41, 5.74) is 5.38. The van der Waals surface area contributed by atoms with Crippen molar-refractivity contribution in [2.45, 2.75) is 0 Å². The van der Waals surface area contributed by atoms with E-state index in [0.717, 1.165) is 11.3 Å². The first kappa shape index (κ1) is 16.5. The zero-order valence-electron chi connectivity index (χ0n) is 12.0. The Labute approximate surface area is 136 Å². The fraction of sp³-hybridized carbons (Fsp3) is 0.133. The summed E-state index contributed by atoms with van der Waals surface area (Å²) in [5, 5.41) is 4.40. The molecular weight excluding hydrogens is 320 g/mol. The lowest BCUT2D eigenvalue weighted by atomic mass is 10.3. The normalized spacial score (nSPS) is 9.91. The van der Waals surface area contributed by atoms with Gasteiger partial charge in [0, 0.05) is 0 Å². The summed E-state index contributed by atoms with van der Waals surface area (Å²) in [6, 6.07) is 10.3. The molecule has 0 aliphatic carbocycles. The van der Waals surface area contributed by atoms with Gasteiger partial charge in [-0.3, -0.25) is 9.59 Å². The molecule has 8 heteroatoms. The first-order valence-corrected chi connectivity index (χ1v) is 7.45. The number of thiophene rings is 1. The number of ether oxygens (including phenoxy) is 2. The second kappa shape index (κ2) is 7.95. The van der Waals surface area contributed by atoms with Crippen molar-refractivity contribution in [1.29, 1.82) is 0 Å². The van der Waals surface area contributed by atoms with Crippen LogP contribution in [0.15, 0.2) is 41.8 Å². The van der Waals surface area contributed by atoms with E-state index in [4.69, 9.17) is 15.2 Å². The molecule has 0 bridgehead atoms. The van der Waals surface area contributed by atoms with Crippen LogP contribution < -0.4 is 15.8 Å². The van der Waals surface area contributed by atoms with E-state index in [1.54, 1.807) is 29.6 Å². The molecule has 0 saturated carbocycles. The Bertz CT molecular complexity index is 699. The summed E-state index contributed by atoms with van der Waals surface area (Å²) in [6.45, 7) is -0.782. The van der Waals surface area contributed by atoms with Crippen LogP contribution in [0.1, 0.15) is 10.4 Å². The van der Waals surface area contributed by atoms with Gasteiger partial charge in [0.2, 0.25) is 0 Å². The van der Waals surface area contributed by atoms with Crippen molar-refractivity contribution in [2.24, 2.45) is 5.73 Å². The standard InChI is InChI=1S/C15H14N2O5S/c16-14(20)11-6-7-23-15(11)17-12(18)8-22-13(19)9-21-10-4-2-1-3-5-10/h1-7H,8-9H2,(H2,16,20)(H,17,18). The van der Waals surface area contributed by atoms with Crippen molar-refractivity contribution in [3.63, 3.8) is 0 Å². The van der Waals surface area contributed by atoms with E-state index in [-0.39, 0.29) is 12.2 Å². The molecule has 1 heterocycles. The van der Waals surface area contributed by atoms with Crippen molar-refractivity contribution >= 4 is 34.1 Å². The number of esters is 1. The van der Waals surface area contributed by atoms with Gasteiger partial charge in [-0.25, -0.2) is 4.79 Å². The van der Waals surface area contributed by atoms with Crippen LogP contribution in [-0.4, -0.2) is 31.0 Å². The van der Waals surface area contributed by atoms with Gasteiger partial charge < -0.3 is 20.5 Å². The SMILES string of the molecule is NC(=O)c1ccsc1NC(=O)COC(=O)COc1ccccc1. The summed E-state index contributed by atoms with van der Waals surface area (Å²) in [7, 11) is 0. The number of nitrogens with one attached hydrogen (secondary N) is 1. The molecule has 1 aromatic carbocycles. The number of benzene rings is 1. The predicted octanol–water partition coefficient (Wildman–Crippen LogP) is 1.41. The molecular formula is C15H14N2O5S. The van der Waals surface area contributed by atoms with E-state index >= 15 is 0 Å². The maximum atomic E-state index is 11.7. The smallest absolute Gasteiger partial charge is 0.344 e. The number of carbonyl (C=O) groups is 3. The highest BCUT2D eigenvalue weighted by atomic mass is 32.1. The number of nitrogens with two attached hydrogens (primary N) is 1. The first-order valence-electron chi connectivity index (χ1n) is 6.57. The van der Waals surface area contributed by atoms with Crippen LogP contribution in [0.5, 0.6) is 5.75 Å². The van der Waals surface area contributed by atoms with Crippen molar-refractivity contribution in [3.05, 3.63) is 47.3 Å². The Hall–Kier alpha value is -2.87. The quantitative estimate of drug-likeness (QED) is 0.744. The summed E-state index contributed by atoms with van der Waals surface area (Å²) in [4.78, 5) is 34.3. The molecule has 0 aliphatic heterocycles. The summed E-state index contributed by atoms with van der Waals surface area (Å²) >= 11 is 1.15. The Morgan fingerprint density at radius 1 is 1.09 bits per heavy atom. The van der Waals surface area contributed by atoms with Crippen LogP contribution in [0, 0.1) is 0 Å². The van der Waals surface area contributed by atoms with E-state index in [1.165, 1.54) is 6.07 Å². The molecule has 2 rings (SSSR count). The average Bonchev–Trinajstić information content (AvgIpc) is 3.00. The Balaban J connectivity index is 1.74. The van der Waals surface area contributed by atoms with Crippen molar-refractivity contribution in [1.82, 2.24) is 0 Å². The zero-order chi connectivity index (χ0) is 16.7. The minimum absolute atomic E-state index is 0.210. The molecule has 1 aromatic heterocycles. The molecule has 3 N–H and O–H groups in total. The molecule has 0 fully saturated rings. The molecule has 0 unspecified atom stereocenters. The number of hydrogen-bond acceptors (Lipinski definition) is 6. The second-order valence-corrected chi connectivity index (χ2v) is 5.25. The number of rotatable bonds is 7. The third kappa shape index (κ3) is 5.11. The summed E-state index contributed by atoms with van der Waals surface area (Å²) in [5.74, 6) is -1.36. The monoisotopic (exact) mass is 334 g/mol. The Kier molecular flexibility index (Phi) is 5.70. The van der Waals surface area contributed by atoms with Crippen LogP contribution in [0.2, 0.25) is 0 Å². The molecule has 0 saturated heterocycles. The topological polar surface area (TPSA) is 108 Å². The van der Waals surface area contributed by atoms with E-state index in [1.807, 2.05) is 6.07 Å². The van der Waals surface area contributed by atoms with E-state index in [0.29, 0.717) is 10.8 Å². The zero-order valence-corrected chi connectivity index (χ0v) is 12.8. The number of primary amides is 1. The number of para-hydroxylation sites is 1. The predicted molar refractivity (Wildman–Crippen MR) is 84.4 cm³/mol. The van der Waals surface area contributed by atoms with E-state index in [9.17, 15) is 14.4 Å². The maximum absolute atomic E-state index is 11.7. The van der Waals surface area contributed by atoms with Crippen LogP contribution in [0.25, 0.3) is 0 Å². The van der Waals surface area contributed by atoms with Gasteiger partial charge in [0.25, 0.3) is 11.8 Å². The highest BCUT2D eigenvalue weighted by molar-refractivity contribution is 7.14. The highest BCUT2D eigenvalue weighted by Crippen LogP contribution is 2.22. The van der Waals surface area contributed by atoms with E-state index in [2.05, 4.69) is 5.32 Å². The van der Waals surface area contributed by atoms with Gasteiger partial charge in [0.05, 0.1) is 5.56 Å². The molecule has 0 atom stereocenters. The number of carbonyl (C=O) groups excluding carboxylic acids is 3. The van der Waals surface area contributed by atoms with Gasteiger partial charge in [-0.2, -0.15) is 0 Å². The Morgan fingerprint density at radius 2 is 1.83 bits per heavy atom. The largest absolute Gasteiger partial charge is 0.482 e. The van der Waals surface area contributed by atoms with Gasteiger partial charge >= 0.3 is 5.97 Å². The Morgan fingerprint density at radius 3 is 2.52 bits per heavy atom. The van der Waals surface area contributed by atoms with Crippen molar-refractivity contribution < 1.29 is 23.9 Å². The third-order valence-electron chi connectivity index (χ3n) is 2.65. The lowest BCUT2D eigenvalue weighted by Gasteiger charge is -2.07. The van der Waals surface area contributed by atoms with Gasteiger partial charge in [-0.15, -0.1) is 11.3 Å². The molecule has 0 aliphatic rings. The molecule has 0 spiro atoms. The molecule has 120 valence electrons. The van der Waals surface area contributed by atoms with Gasteiger partial charge in [0.1, 0.15) is 10.8 Å². The summed E-state index contributed by atoms with van der Waals surface area (Å²) in [6.07, 6.45) is 0. The average molecular weight is 334 g/mol. The number of amides is 2. The molecule has 23 heavy (non-hydrogen) atoms. The van der Waals surface area contributed by atoms with Crippen LogP contribution in [-0.2, 0) is 14.3 Å². The minimum Gasteiger partial charge on any atom is -0.482 e. The lowest BCUT2D eigenvalue weighted by Crippen LogP contribution is -2.24. The fourth-order valence-electron chi connectivity index (χ4n) is 1.61. The van der Waals surface area contributed by atoms with Gasteiger partial charge in [0.15, 0.2) is 13.2 Å².